The molecule has 0 amide bonds. The van der Waals surface area contributed by atoms with Crippen LogP contribution in [0.4, 0.5) is 4.39 Å². The van der Waals surface area contributed by atoms with Crippen molar-refractivity contribution in [2.45, 2.75) is 44.8 Å². The molecule has 8 heteroatoms. The van der Waals surface area contributed by atoms with Crippen LogP contribution in [-0.4, -0.2) is 43.0 Å². The van der Waals surface area contributed by atoms with Crippen molar-refractivity contribution >= 4 is 12.0 Å². The van der Waals surface area contributed by atoms with E-state index in [0.717, 1.165) is 22.5 Å². The Balaban J connectivity index is 1.86. The summed E-state index contributed by atoms with van der Waals surface area (Å²) in [4.78, 5) is 20.2. The minimum atomic E-state index is -0.723. The molecule has 3 aromatic rings. The molecule has 0 spiro atoms. The lowest BCUT2D eigenvalue weighted by Gasteiger charge is -2.23. The molecule has 1 saturated heterocycles. The van der Waals surface area contributed by atoms with Gasteiger partial charge in [-0.15, -0.1) is 0 Å². The van der Waals surface area contributed by atoms with Crippen LogP contribution in [0.2, 0.25) is 0 Å². The first kappa shape index (κ1) is 20.9. The lowest BCUT2D eigenvalue weighted by molar-refractivity contribution is -0.156. The number of ether oxygens (including phenoxy) is 1. The van der Waals surface area contributed by atoms with Crippen LogP contribution in [0.3, 0.4) is 0 Å². The average molecular weight is 422 g/mol. The molecule has 1 fully saturated rings. The fourth-order valence-electron chi connectivity index (χ4n) is 3.62. The van der Waals surface area contributed by atoms with Crippen molar-refractivity contribution in [1.82, 2.24) is 19.7 Å². The summed E-state index contributed by atoms with van der Waals surface area (Å²) in [6.07, 6.45) is 7.47. The van der Waals surface area contributed by atoms with Gasteiger partial charge in [0.25, 0.3) is 0 Å². The van der Waals surface area contributed by atoms with Gasteiger partial charge in [-0.2, -0.15) is 5.10 Å². The first-order chi connectivity index (χ1) is 14.9. The molecule has 0 saturated carbocycles. The van der Waals surface area contributed by atoms with Gasteiger partial charge in [-0.1, -0.05) is 19.9 Å². The van der Waals surface area contributed by atoms with Crippen molar-refractivity contribution in [1.29, 1.82) is 0 Å². The number of nitrogens with zero attached hydrogens (tertiary/aromatic N) is 4. The number of cyclic esters (lactones) is 1. The van der Waals surface area contributed by atoms with Crippen LogP contribution in [-0.2, 0) is 9.53 Å². The van der Waals surface area contributed by atoms with Crippen molar-refractivity contribution in [3.63, 3.8) is 0 Å². The number of carbonyl (C=O) groups excluding carboxylic acids is 1. The maximum atomic E-state index is 13.6. The molecule has 4 rings (SSSR count). The van der Waals surface area contributed by atoms with Crippen molar-refractivity contribution in [3.05, 3.63) is 66.0 Å². The molecule has 7 nitrogen and oxygen atoms in total. The summed E-state index contributed by atoms with van der Waals surface area (Å²) in [6.45, 7) is 4.05. The second-order valence-electron chi connectivity index (χ2n) is 7.77. The Bertz CT molecular complexity index is 1090. The van der Waals surface area contributed by atoms with Crippen LogP contribution in [0.1, 0.15) is 43.9 Å². The number of hydrogen-bond donors (Lipinski definition) is 1. The smallest absolute Gasteiger partial charge is 0.309 e. The molecule has 0 bridgehead atoms. The van der Waals surface area contributed by atoms with Crippen LogP contribution in [0.25, 0.3) is 23.2 Å². The van der Waals surface area contributed by atoms with Crippen molar-refractivity contribution in [3.8, 4) is 17.1 Å². The Morgan fingerprint density at radius 1 is 1.26 bits per heavy atom. The van der Waals surface area contributed by atoms with Crippen LogP contribution in [0.15, 0.2) is 48.9 Å². The maximum absolute atomic E-state index is 13.6. The normalized spacial score (nSPS) is 19.2. The van der Waals surface area contributed by atoms with Gasteiger partial charge in [0.2, 0.25) is 0 Å². The zero-order valence-corrected chi connectivity index (χ0v) is 17.3. The van der Waals surface area contributed by atoms with Crippen molar-refractivity contribution < 1.29 is 19.0 Å². The third kappa shape index (κ3) is 4.54. The number of rotatable bonds is 5. The van der Waals surface area contributed by atoms with E-state index in [1.165, 1.54) is 12.1 Å². The van der Waals surface area contributed by atoms with Gasteiger partial charge in [-0.25, -0.2) is 14.1 Å². The highest BCUT2D eigenvalue weighted by molar-refractivity contribution is 5.76. The summed E-state index contributed by atoms with van der Waals surface area (Å²) in [5, 5.41) is 14.7. The lowest BCUT2D eigenvalue weighted by Crippen LogP contribution is -2.31. The number of hydrogen-bond acceptors (Lipinski definition) is 6. The van der Waals surface area contributed by atoms with E-state index in [1.807, 2.05) is 19.9 Å². The Kier molecular flexibility index (Phi) is 5.90. The van der Waals surface area contributed by atoms with Gasteiger partial charge in [-0.3, -0.25) is 9.78 Å². The van der Waals surface area contributed by atoms with Crippen LogP contribution in [0.5, 0.6) is 0 Å². The Morgan fingerprint density at radius 2 is 2.03 bits per heavy atom. The molecular weight excluding hydrogens is 399 g/mol. The van der Waals surface area contributed by atoms with E-state index in [-0.39, 0.29) is 18.2 Å². The molecule has 0 radical (unpaired) electrons. The number of aromatic nitrogens is 4. The van der Waals surface area contributed by atoms with E-state index in [0.29, 0.717) is 12.2 Å². The minimum Gasteiger partial charge on any atom is -0.458 e. The minimum absolute atomic E-state index is 0.00697. The van der Waals surface area contributed by atoms with E-state index < -0.39 is 18.2 Å². The first-order valence-electron chi connectivity index (χ1n) is 10.1. The molecule has 0 aliphatic carbocycles. The first-order valence-corrected chi connectivity index (χ1v) is 10.1. The molecule has 1 N–H and O–H groups in total. The zero-order valence-electron chi connectivity index (χ0n) is 17.3. The van der Waals surface area contributed by atoms with Gasteiger partial charge < -0.3 is 9.84 Å². The highest BCUT2D eigenvalue weighted by Gasteiger charge is 2.26. The Hall–Kier alpha value is -3.39. The monoisotopic (exact) mass is 422 g/mol. The van der Waals surface area contributed by atoms with E-state index in [4.69, 9.17) is 9.84 Å². The topological polar surface area (TPSA) is 90.1 Å². The highest BCUT2D eigenvalue weighted by Crippen LogP contribution is 2.33. The highest BCUT2D eigenvalue weighted by atomic mass is 19.1. The van der Waals surface area contributed by atoms with Gasteiger partial charge in [0.15, 0.2) is 5.82 Å². The van der Waals surface area contributed by atoms with Gasteiger partial charge in [-0.05, 0) is 36.3 Å². The summed E-state index contributed by atoms with van der Waals surface area (Å²) < 4.78 is 20.6. The van der Waals surface area contributed by atoms with Crippen molar-refractivity contribution in [2.24, 2.45) is 0 Å². The molecule has 2 unspecified atom stereocenters. The molecule has 1 aliphatic heterocycles. The largest absolute Gasteiger partial charge is 0.458 e. The van der Waals surface area contributed by atoms with E-state index in [1.54, 1.807) is 41.5 Å². The third-order valence-corrected chi connectivity index (χ3v) is 5.05. The number of esters is 1. The van der Waals surface area contributed by atoms with E-state index >= 15 is 0 Å². The number of aliphatic hydroxyl groups excluding tert-OH is 1. The Morgan fingerprint density at radius 3 is 2.68 bits per heavy atom. The number of aliphatic hydroxyl groups is 1. The number of carbonyl (C=O) groups is 1. The zero-order chi connectivity index (χ0) is 22.0. The lowest BCUT2D eigenvalue weighted by atomic mass is 9.98. The molecule has 1 aliphatic rings. The van der Waals surface area contributed by atoms with Crippen LogP contribution in [0, 0.1) is 5.82 Å². The summed E-state index contributed by atoms with van der Waals surface area (Å²) in [5.74, 6) is -0.149. The summed E-state index contributed by atoms with van der Waals surface area (Å²) in [6, 6.07) is 6.16. The fraction of sp³-hybridized carbons (Fsp3) is 0.304. The summed E-state index contributed by atoms with van der Waals surface area (Å²) >= 11 is 0. The Labute approximate surface area is 179 Å². The van der Waals surface area contributed by atoms with Crippen LogP contribution < -0.4 is 0 Å². The molecule has 2 aromatic heterocycles. The summed E-state index contributed by atoms with van der Waals surface area (Å²) in [7, 11) is 0. The molecule has 2 atom stereocenters. The fourth-order valence-corrected chi connectivity index (χ4v) is 3.62. The molecule has 31 heavy (non-hydrogen) atoms. The quantitative estimate of drug-likeness (QED) is 0.631. The molecule has 1 aromatic carbocycles. The van der Waals surface area contributed by atoms with Gasteiger partial charge >= 0.3 is 5.97 Å². The standard InChI is InChI=1S/C23H23FN4O3/c1-14(2)22-19(8-7-18-11-17(29)12-21(30)31-18)23(15-3-5-16(24)6-4-15)28(27-22)20-13-25-9-10-26-20/h3-10,13-14,17-18,29H,11-12H2,1-2H3/b8-7+. The number of benzene rings is 1. The second kappa shape index (κ2) is 8.77. The third-order valence-electron chi connectivity index (χ3n) is 5.05. The predicted molar refractivity (Wildman–Crippen MR) is 113 cm³/mol. The van der Waals surface area contributed by atoms with Crippen molar-refractivity contribution in [2.75, 3.05) is 0 Å². The van der Waals surface area contributed by atoms with Crippen LogP contribution >= 0.6 is 0 Å². The molecular formula is C23H23FN4O3. The molecule has 3 heterocycles. The SMILES string of the molecule is CC(C)c1nn(-c2cnccn2)c(-c2ccc(F)cc2)c1/C=C/C1CC(O)CC(=O)O1. The summed E-state index contributed by atoms with van der Waals surface area (Å²) in [5.41, 5.74) is 3.10. The second-order valence-corrected chi connectivity index (χ2v) is 7.77. The average Bonchev–Trinajstić information content (AvgIpc) is 3.12. The van der Waals surface area contributed by atoms with Gasteiger partial charge in [0, 0.05) is 29.9 Å². The van der Waals surface area contributed by atoms with E-state index in [9.17, 15) is 14.3 Å². The predicted octanol–water partition coefficient (Wildman–Crippen LogP) is 3.67. The maximum Gasteiger partial charge on any atom is 0.309 e. The molecule has 160 valence electrons. The van der Waals surface area contributed by atoms with E-state index in [2.05, 4.69) is 9.97 Å². The number of halogens is 1. The van der Waals surface area contributed by atoms with Gasteiger partial charge in [0.1, 0.15) is 11.9 Å². The van der Waals surface area contributed by atoms with Gasteiger partial charge in [0.05, 0.1) is 30.1 Å².